The van der Waals surface area contributed by atoms with Crippen molar-refractivity contribution in [3.63, 3.8) is 0 Å². The third-order valence-electron chi connectivity index (χ3n) is 2.58. The van der Waals surface area contributed by atoms with Gasteiger partial charge in [0.2, 0.25) is 0 Å². The topological polar surface area (TPSA) is 0 Å². The maximum Gasteiger partial charge on any atom is 0.142 e. The Morgan fingerprint density at radius 3 is 2.64 bits per heavy atom. The molecule has 0 aliphatic heterocycles. The molecule has 0 nitrogen and oxygen atoms in total. The Morgan fingerprint density at radius 2 is 2.09 bits per heavy atom. The van der Waals surface area contributed by atoms with E-state index in [1.165, 1.54) is 31.2 Å². The summed E-state index contributed by atoms with van der Waals surface area (Å²) in [7, 11) is 2.12. The lowest BCUT2D eigenvalue weighted by molar-refractivity contribution is 0.428. The smallest absolute Gasteiger partial charge is 0.142 e. The van der Waals surface area contributed by atoms with Crippen molar-refractivity contribution in [3.8, 4) is 0 Å². The number of thiol groups is 1. The van der Waals surface area contributed by atoms with E-state index in [-0.39, 0.29) is 0 Å². The Hall–Kier alpha value is 0.155. The van der Waals surface area contributed by atoms with Crippen LogP contribution in [0.3, 0.4) is 0 Å². The maximum atomic E-state index is 4.57. The van der Waals surface area contributed by atoms with E-state index in [4.69, 9.17) is 0 Å². The van der Waals surface area contributed by atoms with E-state index in [0.717, 1.165) is 0 Å². The van der Waals surface area contributed by atoms with Gasteiger partial charge in [0, 0.05) is 5.25 Å². The van der Waals surface area contributed by atoms with Crippen LogP contribution in [0.1, 0.15) is 25.7 Å². The SMILES string of the molecule is C=C([B]C)C1CCCCC1S. The molecule has 11 heavy (non-hydrogen) atoms. The van der Waals surface area contributed by atoms with Crippen molar-refractivity contribution in [1.82, 2.24) is 0 Å². The molecule has 0 aromatic heterocycles. The minimum absolute atomic E-state index is 0.562. The largest absolute Gasteiger partial charge is 0.175 e. The van der Waals surface area contributed by atoms with Crippen molar-refractivity contribution in [3.05, 3.63) is 12.1 Å². The fraction of sp³-hybridized carbons (Fsp3) is 0.778. The summed E-state index contributed by atoms with van der Waals surface area (Å²) in [4.78, 5) is 0. The Labute approximate surface area is 76.1 Å². The lowest BCUT2D eigenvalue weighted by Crippen LogP contribution is -2.23. The van der Waals surface area contributed by atoms with Crippen molar-refractivity contribution in [1.29, 1.82) is 0 Å². The fourth-order valence-corrected chi connectivity index (χ4v) is 2.28. The summed E-state index contributed by atoms with van der Waals surface area (Å²) in [5.41, 5.74) is 1.28. The molecule has 2 unspecified atom stereocenters. The van der Waals surface area contributed by atoms with Gasteiger partial charge >= 0.3 is 0 Å². The van der Waals surface area contributed by atoms with E-state index in [2.05, 4.69) is 33.3 Å². The number of rotatable bonds is 2. The lowest BCUT2D eigenvalue weighted by Gasteiger charge is -2.29. The summed E-state index contributed by atoms with van der Waals surface area (Å²) in [6.07, 6.45) is 5.26. The quantitative estimate of drug-likeness (QED) is 0.474. The molecule has 0 bridgehead atoms. The van der Waals surface area contributed by atoms with E-state index in [9.17, 15) is 0 Å². The third-order valence-corrected chi connectivity index (χ3v) is 3.19. The molecule has 1 rings (SSSR count). The molecular weight excluding hydrogens is 151 g/mol. The zero-order valence-electron chi connectivity index (χ0n) is 7.21. The average Bonchev–Trinajstić information content (AvgIpc) is 2.04. The van der Waals surface area contributed by atoms with Gasteiger partial charge in [-0.05, 0) is 18.8 Å². The van der Waals surface area contributed by atoms with Crippen LogP contribution in [0, 0.1) is 5.92 Å². The molecule has 0 saturated heterocycles. The molecular formula is C9H16BS. The second-order valence-electron chi connectivity index (χ2n) is 3.32. The highest BCUT2D eigenvalue weighted by Gasteiger charge is 2.22. The molecule has 0 heterocycles. The van der Waals surface area contributed by atoms with Crippen molar-refractivity contribution in [2.75, 3.05) is 0 Å². The van der Waals surface area contributed by atoms with Crippen LogP contribution in [-0.4, -0.2) is 12.5 Å². The van der Waals surface area contributed by atoms with Crippen LogP contribution in [0.4, 0.5) is 0 Å². The van der Waals surface area contributed by atoms with Crippen molar-refractivity contribution in [2.24, 2.45) is 5.92 Å². The molecule has 1 aliphatic rings. The van der Waals surface area contributed by atoms with Crippen molar-refractivity contribution < 1.29 is 0 Å². The Bertz CT molecular complexity index is 144. The molecule has 0 N–H and O–H groups in total. The third kappa shape index (κ3) is 2.29. The predicted molar refractivity (Wildman–Crippen MR) is 55.5 cm³/mol. The van der Waals surface area contributed by atoms with Gasteiger partial charge in [0.05, 0.1) is 0 Å². The van der Waals surface area contributed by atoms with Crippen molar-refractivity contribution in [2.45, 2.75) is 37.8 Å². The van der Waals surface area contributed by atoms with Crippen molar-refractivity contribution >= 4 is 19.9 Å². The van der Waals surface area contributed by atoms with E-state index in [1.54, 1.807) is 0 Å². The molecule has 0 amide bonds. The standard InChI is InChI=1S/C9H16BS/c1-7(10-2)8-5-3-4-6-9(8)11/h8-9,11H,1,3-6H2,2H3. The predicted octanol–water partition coefficient (Wildman–Crippen LogP) is 2.74. The van der Waals surface area contributed by atoms with Crippen LogP contribution in [0.2, 0.25) is 6.82 Å². The van der Waals surface area contributed by atoms with Gasteiger partial charge in [-0.1, -0.05) is 19.7 Å². The molecule has 0 aromatic rings. The van der Waals surface area contributed by atoms with Gasteiger partial charge in [-0.3, -0.25) is 0 Å². The van der Waals surface area contributed by atoms with Gasteiger partial charge in [-0.2, -0.15) is 12.6 Å². The lowest BCUT2D eigenvalue weighted by atomic mass is 9.64. The number of allylic oxidation sites excluding steroid dienone is 1. The van der Waals surface area contributed by atoms with Gasteiger partial charge in [-0.15, -0.1) is 12.1 Å². The molecule has 0 spiro atoms. The molecule has 1 fully saturated rings. The summed E-state index contributed by atoms with van der Waals surface area (Å²) in [5, 5.41) is 0.562. The van der Waals surface area contributed by atoms with Gasteiger partial charge in [0.15, 0.2) is 0 Å². The molecule has 2 heteroatoms. The van der Waals surface area contributed by atoms with Crippen LogP contribution in [-0.2, 0) is 0 Å². The second kappa shape index (κ2) is 4.25. The first kappa shape index (κ1) is 9.24. The zero-order chi connectivity index (χ0) is 8.27. The monoisotopic (exact) mass is 167 g/mol. The van der Waals surface area contributed by atoms with Crippen LogP contribution in [0.5, 0.6) is 0 Å². The number of hydrogen-bond donors (Lipinski definition) is 1. The first-order valence-corrected chi connectivity index (χ1v) is 4.93. The highest BCUT2D eigenvalue weighted by Crippen LogP contribution is 2.32. The van der Waals surface area contributed by atoms with Gasteiger partial charge in [0.1, 0.15) is 7.28 Å². The summed E-state index contributed by atoms with van der Waals surface area (Å²) in [6.45, 7) is 6.11. The zero-order valence-corrected chi connectivity index (χ0v) is 8.11. The first-order valence-electron chi connectivity index (χ1n) is 4.42. The first-order chi connectivity index (χ1) is 5.25. The minimum atomic E-state index is 0.562. The van der Waals surface area contributed by atoms with E-state index < -0.39 is 0 Å². The summed E-state index contributed by atoms with van der Waals surface area (Å²) in [6, 6.07) is 0. The van der Waals surface area contributed by atoms with Gasteiger partial charge in [-0.25, -0.2) is 0 Å². The second-order valence-corrected chi connectivity index (χ2v) is 3.99. The van der Waals surface area contributed by atoms with E-state index in [0.29, 0.717) is 11.2 Å². The van der Waals surface area contributed by atoms with Gasteiger partial charge < -0.3 is 0 Å². The van der Waals surface area contributed by atoms with Crippen LogP contribution in [0.15, 0.2) is 12.1 Å². The average molecular weight is 167 g/mol. The highest BCUT2D eigenvalue weighted by molar-refractivity contribution is 7.81. The van der Waals surface area contributed by atoms with E-state index in [1.807, 2.05) is 0 Å². The fourth-order valence-electron chi connectivity index (χ4n) is 1.76. The molecule has 1 aliphatic carbocycles. The Morgan fingerprint density at radius 1 is 1.45 bits per heavy atom. The Kier molecular flexibility index (Phi) is 3.57. The summed E-state index contributed by atoms with van der Waals surface area (Å²) in [5.74, 6) is 0.650. The highest BCUT2D eigenvalue weighted by atomic mass is 32.1. The number of hydrogen-bond acceptors (Lipinski definition) is 1. The van der Waals surface area contributed by atoms with Crippen LogP contribution >= 0.6 is 12.6 Å². The normalized spacial score (nSPS) is 31.5. The Balaban J connectivity index is 2.47. The molecule has 2 atom stereocenters. The molecule has 1 saturated carbocycles. The molecule has 0 aromatic carbocycles. The van der Waals surface area contributed by atoms with Crippen LogP contribution < -0.4 is 0 Å². The molecule has 61 valence electrons. The summed E-state index contributed by atoms with van der Waals surface area (Å²) < 4.78 is 0. The maximum absolute atomic E-state index is 4.57. The molecule has 1 radical (unpaired) electrons. The van der Waals surface area contributed by atoms with Crippen LogP contribution in [0.25, 0.3) is 0 Å². The van der Waals surface area contributed by atoms with Gasteiger partial charge in [0.25, 0.3) is 0 Å². The minimum Gasteiger partial charge on any atom is -0.175 e. The summed E-state index contributed by atoms with van der Waals surface area (Å²) >= 11 is 4.57. The van der Waals surface area contributed by atoms with E-state index >= 15 is 0 Å².